The number of aromatic nitrogens is 1. The molecule has 1 aromatic carbocycles. The van der Waals surface area contributed by atoms with Gasteiger partial charge in [-0.25, -0.2) is 4.98 Å². The number of rotatable bonds is 9. The van der Waals surface area contributed by atoms with E-state index in [1.807, 2.05) is 24.3 Å². The van der Waals surface area contributed by atoms with E-state index in [2.05, 4.69) is 26.2 Å². The molecule has 0 aliphatic carbocycles. The number of unbranched alkanes of at least 4 members (excludes halogenated alkanes) is 2. The van der Waals surface area contributed by atoms with Crippen molar-refractivity contribution in [1.82, 2.24) is 4.98 Å². The van der Waals surface area contributed by atoms with Crippen LogP contribution in [0.4, 0.5) is 5.69 Å². The molecule has 24 heavy (non-hydrogen) atoms. The smallest absolute Gasteiger partial charge is 0.224 e. The van der Waals surface area contributed by atoms with Gasteiger partial charge in [0.05, 0.1) is 13.7 Å². The molecule has 5 nitrogen and oxygen atoms in total. The zero-order chi connectivity index (χ0) is 17.2. The van der Waals surface area contributed by atoms with Gasteiger partial charge in [-0.2, -0.15) is 0 Å². The van der Waals surface area contributed by atoms with Gasteiger partial charge in [0.1, 0.15) is 5.75 Å². The summed E-state index contributed by atoms with van der Waals surface area (Å²) in [5.41, 5.74) is 0.699. The third kappa shape index (κ3) is 6.58. The Morgan fingerprint density at radius 1 is 1.21 bits per heavy atom. The van der Waals surface area contributed by atoms with Gasteiger partial charge in [-0.1, -0.05) is 22.0 Å². The average molecular weight is 393 g/mol. The topological polar surface area (TPSA) is 60.5 Å². The number of methoxy groups -OCH3 is 1. The summed E-state index contributed by atoms with van der Waals surface area (Å²) in [6.07, 6.45) is 4.79. The summed E-state index contributed by atoms with van der Waals surface area (Å²) in [6.45, 7) is 0.652. The van der Waals surface area contributed by atoms with Crippen LogP contribution >= 0.6 is 15.9 Å². The Bertz CT molecular complexity index is 664. The minimum Gasteiger partial charge on any atom is -0.494 e. The average Bonchev–Trinajstić information content (AvgIpc) is 2.58. The van der Waals surface area contributed by atoms with Gasteiger partial charge in [-0.05, 0) is 43.5 Å². The molecule has 0 aliphatic rings. The van der Waals surface area contributed by atoms with Crippen LogP contribution in [0.25, 0.3) is 0 Å². The normalized spacial score (nSPS) is 10.2. The largest absolute Gasteiger partial charge is 0.494 e. The molecule has 6 heteroatoms. The minimum absolute atomic E-state index is 0.00355. The number of hydrogen-bond donors (Lipinski definition) is 1. The van der Waals surface area contributed by atoms with E-state index < -0.39 is 0 Å². The molecule has 1 amide bonds. The zero-order valence-electron chi connectivity index (χ0n) is 13.6. The number of nitrogens with one attached hydrogen (secondary N) is 1. The molecule has 0 saturated carbocycles. The van der Waals surface area contributed by atoms with Crippen LogP contribution in [0.1, 0.15) is 25.7 Å². The maximum Gasteiger partial charge on any atom is 0.224 e. The van der Waals surface area contributed by atoms with Crippen molar-refractivity contribution in [2.45, 2.75) is 25.7 Å². The molecule has 2 aromatic rings. The molecule has 0 aliphatic heterocycles. The molecule has 1 heterocycles. The first-order chi connectivity index (χ1) is 11.7. The lowest BCUT2D eigenvalue weighted by atomic mass is 10.2. The van der Waals surface area contributed by atoms with Gasteiger partial charge in [0, 0.05) is 28.8 Å². The van der Waals surface area contributed by atoms with E-state index >= 15 is 0 Å². The molecule has 0 bridgehead atoms. The number of amides is 1. The summed E-state index contributed by atoms with van der Waals surface area (Å²) in [5, 5.41) is 2.84. The number of pyridine rings is 1. The molecule has 1 aromatic heterocycles. The zero-order valence-corrected chi connectivity index (χ0v) is 15.2. The Kier molecular flexibility index (Phi) is 7.55. The van der Waals surface area contributed by atoms with E-state index in [9.17, 15) is 4.79 Å². The fraction of sp³-hybridized carbons (Fsp3) is 0.333. The number of benzene rings is 1. The first kappa shape index (κ1) is 18.3. The van der Waals surface area contributed by atoms with Gasteiger partial charge >= 0.3 is 0 Å². The van der Waals surface area contributed by atoms with E-state index in [4.69, 9.17) is 9.47 Å². The summed E-state index contributed by atoms with van der Waals surface area (Å²) < 4.78 is 11.7. The van der Waals surface area contributed by atoms with Crippen LogP contribution in [0.15, 0.2) is 47.1 Å². The summed E-state index contributed by atoms with van der Waals surface area (Å²) in [5.74, 6) is 1.34. The Hall–Kier alpha value is -2.08. The number of anilines is 1. The van der Waals surface area contributed by atoms with Crippen LogP contribution in [-0.2, 0) is 4.79 Å². The Balaban J connectivity index is 1.59. The van der Waals surface area contributed by atoms with Crippen LogP contribution < -0.4 is 14.8 Å². The van der Waals surface area contributed by atoms with Crippen LogP contribution in [0.5, 0.6) is 11.6 Å². The molecule has 2 rings (SSSR count). The first-order valence-corrected chi connectivity index (χ1v) is 8.65. The van der Waals surface area contributed by atoms with Crippen molar-refractivity contribution in [3.63, 3.8) is 0 Å². The number of carbonyl (C=O) groups is 1. The lowest BCUT2D eigenvalue weighted by Gasteiger charge is -2.07. The van der Waals surface area contributed by atoms with Crippen LogP contribution in [-0.4, -0.2) is 24.6 Å². The first-order valence-electron chi connectivity index (χ1n) is 7.85. The van der Waals surface area contributed by atoms with Crippen molar-refractivity contribution in [2.75, 3.05) is 19.0 Å². The van der Waals surface area contributed by atoms with Crippen molar-refractivity contribution in [1.29, 1.82) is 0 Å². The van der Waals surface area contributed by atoms with Crippen LogP contribution in [0, 0.1) is 0 Å². The van der Waals surface area contributed by atoms with Gasteiger partial charge < -0.3 is 14.8 Å². The fourth-order valence-corrected chi connectivity index (χ4v) is 2.51. The number of nitrogens with zero attached hydrogens (tertiary/aromatic N) is 1. The van der Waals surface area contributed by atoms with Crippen molar-refractivity contribution >= 4 is 27.5 Å². The Morgan fingerprint density at radius 3 is 2.88 bits per heavy atom. The molecule has 1 N–H and O–H groups in total. The standard InChI is InChI=1S/C18H21BrN2O3/c1-23-18-13-15(9-10-20-18)21-17(22)8-3-2-4-11-24-16-7-5-6-14(19)12-16/h5-7,9-10,12-13H,2-4,8,11H2,1H3,(H,20,21,22). The molecule has 0 atom stereocenters. The highest BCUT2D eigenvalue weighted by Crippen LogP contribution is 2.18. The highest BCUT2D eigenvalue weighted by Gasteiger charge is 2.04. The highest BCUT2D eigenvalue weighted by molar-refractivity contribution is 9.10. The van der Waals surface area contributed by atoms with Gasteiger partial charge in [0.2, 0.25) is 11.8 Å². The van der Waals surface area contributed by atoms with E-state index in [1.165, 1.54) is 0 Å². The predicted molar refractivity (Wildman–Crippen MR) is 97.5 cm³/mol. The molecule has 0 unspecified atom stereocenters. The van der Waals surface area contributed by atoms with Gasteiger partial charge in [0.15, 0.2) is 0 Å². The second-order valence-electron chi connectivity index (χ2n) is 5.25. The number of halogens is 1. The maximum absolute atomic E-state index is 11.9. The van der Waals surface area contributed by atoms with E-state index in [-0.39, 0.29) is 5.91 Å². The van der Waals surface area contributed by atoms with E-state index in [0.29, 0.717) is 24.6 Å². The SMILES string of the molecule is COc1cc(NC(=O)CCCCCOc2cccc(Br)c2)ccn1. The van der Waals surface area contributed by atoms with E-state index in [0.717, 1.165) is 29.5 Å². The minimum atomic E-state index is -0.00355. The van der Waals surface area contributed by atoms with Gasteiger partial charge in [-0.3, -0.25) is 4.79 Å². The fourth-order valence-electron chi connectivity index (χ4n) is 2.13. The summed E-state index contributed by atoms with van der Waals surface area (Å²) in [7, 11) is 1.55. The van der Waals surface area contributed by atoms with Gasteiger partial charge in [0.25, 0.3) is 0 Å². The maximum atomic E-state index is 11.9. The molecule has 128 valence electrons. The van der Waals surface area contributed by atoms with Crippen molar-refractivity contribution < 1.29 is 14.3 Å². The van der Waals surface area contributed by atoms with Crippen molar-refractivity contribution in [3.05, 3.63) is 47.1 Å². The molecule has 0 spiro atoms. The second kappa shape index (κ2) is 9.93. The molecular formula is C18H21BrN2O3. The lowest BCUT2D eigenvalue weighted by Crippen LogP contribution is -2.11. The quantitative estimate of drug-likeness (QED) is 0.641. The van der Waals surface area contributed by atoms with Crippen molar-refractivity contribution in [2.24, 2.45) is 0 Å². The summed E-state index contributed by atoms with van der Waals surface area (Å²) in [4.78, 5) is 15.9. The predicted octanol–water partition coefficient (Wildman–Crippen LogP) is 4.43. The monoisotopic (exact) mass is 392 g/mol. The van der Waals surface area contributed by atoms with E-state index in [1.54, 1.807) is 25.4 Å². The number of hydrogen-bond acceptors (Lipinski definition) is 4. The Morgan fingerprint density at radius 2 is 2.08 bits per heavy atom. The molecule has 0 fully saturated rings. The third-order valence-corrected chi connectivity index (χ3v) is 3.83. The Labute approximate surface area is 150 Å². The third-order valence-electron chi connectivity index (χ3n) is 3.34. The highest BCUT2D eigenvalue weighted by atomic mass is 79.9. The lowest BCUT2D eigenvalue weighted by molar-refractivity contribution is -0.116. The van der Waals surface area contributed by atoms with Crippen LogP contribution in [0.3, 0.4) is 0 Å². The van der Waals surface area contributed by atoms with Gasteiger partial charge in [-0.15, -0.1) is 0 Å². The summed E-state index contributed by atoms with van der Waals surface area (Å²) >= 11 is 3.41. The van der Waals surface area contributed by atoms with Crippen LogP contribution in [0.2, 0.25) is 0 Å². The molecule has 0 radical (unpaired) electrons. The number of carbonyl (C=O) groups excluding carboxylic acids is 1. The molecular weight excluding hydrogens is 372 g/mol. The summed E-state index contributed by atoms with van der Waals surface area (Å²) in [6, 6.07) is 11.2. The second-order valence-corrected chi connectivity index (χ2v) is 6.17. The number of ether oxygens (including phenoxy) is 2. The van der Waals surface area contributed by atoms with Crippen molar-refractivity contribution in [3.8, 4) is 11.6 Å². The molecule has 0 saturated heterocycles.